The van der Waals surface area contributed by atoms with E-state index in [1.54, 1.807) is 0 Å². The first-order valence-electron chi connectivity index (χ1n) is 5.64. The van der Waals surface area contributed by atoms with Crippen LogP contribution in [0.15, 0.2) is 12.2 Å². The van der Waals surface area contributed by atoms with Gasteiger partial charge in [-0.05, 0) is 26.7 Å². The van der Waals surface area contributed by atoms with Gasteiger partial charge in [-0.2, -0.15) is 18.3 Å². The summed E-state index contributed by atoms with van der Waals surface area (Å²) in [7, 11) is 0. The third-order valence-corrected chi connectivity index (χ3v) is 3.02. The first-order valence-corrected chi connectivity index (χ1v) is 5.64. The summed E-state index contributed by atoms with van der Waals surface area (Å²) < 4.78 is 40.0. The third-order valence-electron chi connectivity index (χ3n) is 3.02. The average Bonchev–Trinajstić information content (AvgIpc) is 2.55. The van der Waals surface area contributed by atoms with Crippen molar-refractivity contribution in [1.29, 1.82) is 0 Å². The van der Waals surface area contributed by atoms with Crippen LogP contribution in [0.25, 0.3) is 0 Å². The fraction of sp³-hybridized carbons (Fsp3) is 0.583. The van der Waals surface area contributed by atoms with Crippen LogP contribution in [0, 0.1) is 0 Å². The molecule has 1 aliphatic carbocycles. The van der Waals surface area contributed by atoms with Gasteiger partial charge in [0.2, 0.25) is 0 Å². The van der Waals surface area contributed by atoms with Crippen LogP contribution in [0.5, 0.6) is 0 Å². The van der Waals surface area contributed by atoms with Crippen molar-refractivity contribution < 1.29 is 13.2 Å². The van der Waals surface area contributed by atoms with E-state index in [0.717, 1.165) is 5.57 Å². The number of allylic oxidation sites excluding steroid dienone is 1. The number of fused-ring (bicyclic) bond motifs is 1. The molecule has 94 valence electrons. The molecule has 1 aromatic rings. The molecule has 0 atom stereocenters. The Morgan fingerprint density at radius 2 is 1.94 bits per heavy atom. The third kappa shape index (κ3) is 2.10. The first-order chi connectivity index (χ1) is 7.80. The number of aromatic nitrogens is 2. The van der Waals surface area contributed by atoms with E-state index in [1.807, 2.05) is 13.8 Å². The van der Waals surface area contributed by atoms with E-state index in [2.05, 4.69) is 11.7 Å². The minimum Gasteiger partial charge on any atom is -0.266 e. The molecule has 1 aliphatic rings. The van der Waals surface area contributed by atoms with E-state index in [9.17, 15) is 13.2 Å². The summed E-state index contributed by atoms with van der Waals surface area (Å²) in [6.07, 6.45) is -2.82. The summed E-state index contributed by atoms with van der Waals surface area (Å²) in [4.78, 5) is 0. The highest BCUT2D eigenvalue weighted by Gasteiger charge is 2.40. The van der Waals surface area contributed by atoms with Crippen LogP contribution >= 0.6 is 0 Å². The molecule has 0 fully saturated rings. The first kappa shape index (κ1) is 12.2. The van der Waals surface area contributed by atoms with Gasteiger partial charge in [0.15, 0.2) is 5.69 Å². The lowest BCUT2D eigenvalue weighted by molar-refractivity contribution is -0.142. The monoisotopic (exact) mass is 244 g/mol. The Morgan fingerprint density at radius 3 is 2.47 bits per heavy atom. The van der Waals surface area contributed by atoms with Crippen molar-refractivity contribution in [3.63, 3.8) is 0 Å². The fourth-order valence-electron chi connectivity index (χ4n) is 2.24. The van der Waals surface area contributed by atoms with Crippen molar-refractivity contribution in [2.75, 3.05) is 0 Å². The lowest BCUT2D eigenvalue weighted by Gasteiger charge is -2.18. The largest absolute Gasteiger partial charge is 0.435 e. The Hall–Kier alpha value is -1.26. The molecular formula is C12H15F3N2. The highest BCUT2D eigenvalue weighted by molar-refractivity contribution is 5.35. The van der Waals surface area contributed by atoms with Crippen LogP contribution in [0.1, 0.15) is 43.3 Å². The van der Waals surface area contributed by atoms with Crippen LogP contribution in [0.3, 0.4) is 0 Å². The minimum absolute atomic E-state index is 0.0641. The zero-order chi connectivity index (χ0) is 12.8. The zero-order valence-electron chi connectivity index (χ0n) is 9.93. The molecule has 5 heteroatoms. The number of rotatable bonds is 1. The van der Waals surface area contributed by atoms with E-state index in [1.165, 1.54) is 4.68 Å². The molecule has 0 aliphatic heterocycles. The van der Waals surface area contributed by atoms with Gasteiger partial charge in [0.05, 0.1) is 0 Å². The molecule has 0 unspecified atom stereocenters. The summed E-state index contributed by atoms with van der Waals surface area (Å²) in [5, 5.41) is 3.75. The van der Waals surface area contributed by atoms with Gasteiger partial charge in [0.1, 0.15) is 0 Å². The van der Waals surface area contributed by atoms with E-state index in [0.29, 0.717) is 30.5 Å². The normalized spacial score (nSPS) is 16.5. The second kappa shape index (κ2) is 3.89. The fourth-order valence-corrected chi connectivity index (χ4v) is 2.24. The molecular weight excluding hydrogens is 229 g/mol. The Balaban J connectivity index is 2.58. The molecule has 17 heavy (non-hydrogen) atoms. The molecule has 0 spiro atoms. The molecule has 0 amide bonds. The maximum Gasteiger partial charge on any atom is 0.435 e. The predicted molar refractivity (Wildman–Crippen MR) is 58.8 cm³/mol. The zero-order valence-corrected chi connectivity index (χ0v) is 9.93. The van der Waals surface area contributed by atoms with Crippen molar-refractivity contribution in [3.8, 4) is 0 Å². The molecule has 1 aromatic heterocycles. The molecule has 1 heterocycles. The lowest BCUT2D eigenvalue weighted by atomic mass is 9.92. The summed E-state index contributed by atoms with van der Waals surface area (Å²) in [6, 6.07) is -0.0641. The van der Waals surface area contributed by atoms with Gasteiger partial charge < -0.3 is 0 Å². The second-order valence-corrected chi connectivity index (χ2v) is 4.74. The average molecular weight is 244 g/mol. The van der Waals surface area contributed by atoms with E-state index >= 15 is 0 Å². The number of hydrogen-bond donors (Lipinski definition) is 0. The lowest BCUT2D eigenvalue weighted by Crippen LogP contribution is -2.12. The number of halogens is 3. The van der Waals surface area contributed by atoms with Gasteiger partial charge in [-0.25, -0.2) is 0 Å². The van der Waals surface area contributed by atoms with Gasteiger partial charge in [-0.3, -0.25) is 4.68 Å². The highest BCUT2D eigenvalue weighted by atomic mass is 19.4. The van der Waals surface area contributed by atoms with Crippen molar-refractivity contribution >= 4 is 0 Å². The van der Waals surface area contributed by atoms with Gasteiger partial charge in [-0.15, -0.1) is 0 Å². The molecule has 0 N–H and O–H groups in total. The standard InChI is InChI=1S/C12H15F3N2/c1-7(2)17-10-6-8(3)4-5-9(10)11(16-17)12(13,14)15/h7H,3-6H2,1-2H3. The predicted octanol–water partition coefficient (Wildman–Crippen LogP) is 3.53. The molecule has 0 aromatic carbocycles. The van der Waals surface area contributed by atoms with Crippen molar-refractivity contribution in [2.24, 2.45) is 0 Å². The van der Waals surface area contributed by atoms with Crippen LogP contribution in [-0.4, -0.2) is 9.78 Å². The topological polar surface area (TPSA) is 17.8 Å². The number of hydrogen-bond acceptors (Lipinski definition) is 1. The SMILES string of the molecule is C=C1CCc2c(C(F)(F)F)nn(C(C)C)c2C1. The highest BCUT2D eigenvalue weighted by Crippen LogP contribution is 2.37. The molecule has 2 nitrogen and oxygen atoms in total. The van der Waals surface area contributed by atoms with E-state index < -0.39 is 11.9 Å². The number of nitrogens with zero attached hydrogens (tertiary/aromatic N) is 2. The van der Waals surface area contributed by atoms with Crippen LogP contribution in [0.4, 0.5) is 13.2 Å². The summed E-state index contributed by atoms with van der Waals surface area (Å²) in [6.45, 7) is 7.54. The molecule has 0 saturated heterocycles. The minimum atomic E-state index is -4.36. The molecule has 0 radical (unpaired) electrons. The Morgan fingerprint density at radius 1 is 1.29 bits per heavy atom. The van der Waals surface area contributed by atoms with Crippen molar-refractivity contribution in [3.05, 3.63) is 29.1 Å². The van der Waals surface area contributed by atoms with Crippen molar-refractivity contribution in [1.82, 2.24) is 9.78 Å². The van der Waals surface area contributed by atoms with Gasteiger partial charge in [0.25, 0.3) is 0 Å². The maximum atomic E-state index is 12.9. The Labute approximate surface area is 98.1 Å². The van der Waals surface area contributed by atoms with E-state index in [4.69, 9.17) is 0 Å². The maximum absolute atomic E-state index is 12.9. The van der Waals surface area contributed by atoms with Gasteiger partial charge in [0, 0.05) is 23.7 Å². The smallest absolute Gasteiger partial charge is 0.266 e. The van der Waals surface area contributed by atoms with Crippen LogP contribution in [0.2, 0.25) is 0 Å². The summed E-state index contributed by atoms with van der Waals surface area (Å²) in [5.41, 5.74) is 1.31. The van der Waals surface area contributed by atoms with E-state index in [-0.39, 0.29) is 6.04 Å². The van der Waals surface area contributed by atoms with Crippen molar-refractivity contribution in [2.45, 2.75) is 45.3 Å². The number of alkyl halides is 3. The van der Waals surface area contributed by atoms with Crippen LogP contribution < -0.4 is 0 Å². The second-order valence-electron chi connectivity index (χ2n) is 4.74. The summed E-state index contributed by atoms with van der Waals surface area (Å²) in [5.74, 6) is 0. The molecule has 2 rings (SSSR count). The Bertz CT molecular complexity index is 455. The van der Waals surface area contributed by atoms with Crippen LogP contribution in [-0.2, 0) is 19.0 Å². The Kier molecular flexibility index (Phi) is 2.79. The molecule has 0 saturated carbocycles. The quantitative estimate of drug-likeness (QED) is 0.691. The summed E-state index contributed by atoms with van der Waals surface area (Å²) >= 11 is 0. The van der Waals surface area contributed by atoms with Gasteiger partial charge in [-0.1, -0.05) is 12.2 Å². The molecule has 0 bridgehead atoms. The van der Waals surface area contributed by atoms with Gasteiger partial charge >= 0.3 is 6.18 Å².